The molecule has 0 aromatic carbocycles. The number of ether oxygens (including phenoxy) is 1. The van der Waals surface area contributed by atoms with E-state index >= 15 is 0 Å². The van der Waals surface area contributed by atoms with Crippen LogP contribution in [-0.2, 0) is 9.53 Å². The molecule has 16 heavy (non-hydrogen) atoms. The molecule has 4 atom stereocenters. The summed E-state index contributed by atoms with van der Waals surface area (Å²) in [6.45, 7) is 4.95. The van der Waals surface area contributed by atoms with E-state index in [9.17, 15) is 4.79 Å². The maximum Gasteiger partial charge on any atom is 0.227 e. The lowest BCUT2D eigenvalue weighted by atomic mass is 10.00. The van der Waals surface area contributed by atoms with Gasteiger partial charge in [-0.3, -0.25) is 4.79 Å². The highest BCUT2D eigenvalue weighted by Crippen LogP contribution is 2.14. The molecule has 1 heterocycles. The Morgan fingerprint density at radius 1 is 1.50 bits per heavy atom. The Morgan fingerprint density at radius 3 is 2.75 bits per heavy atom. The minimum Gasteiger partial charge on any atom is -0.396 e. The standard InChI is InChI=1S/C11H22N2O3/c1-7(4-14)8(2)13-11(15)9-5-16-6-10(9)12-3/h7-10,12,14H,4-6H2,1-3H3,(H,13,15). The summed E-state index contributed by atoms with van der Waals surface area (Å²) >= 11 is 0. The topological polar surface area (TPSA) is 70.6 Å². The van der Waals surface area contributed by atoms with Crippen molar-refractivity contribution in [1.29, 1.82) is 0 Å². The average molecular weight is 230 g/mol. The molecular weight excluding hydrogens is 208 g/mol. The summed E-state index contributed by atoms with van der Waals surface area (Å²) in [5.41, 5.74) is 0. The number of carbonyl (C=O) groups excluding carboxylic acids is 1. The second-order valence-corrected chi connectivity index (χ2v) is 4.50. The fourth-order valence-corrected chi connectivity index (χ4v) is 1.73. The zero-order valence-electron chi connectivity index (χ0n) is 10.2. The third-order valence-corrected chi connectivity index (χ3v) is 3.30. The van der Waals surface area contributed by atoms with Crippen molar-refractivity contribution in [3.63, 3.8) is 0 Å². The minimum atomic E-state index is -0.127. The third-order valence-electron chi connectivity index (χ3n) is 3.30. The highest BCUT2D eigenvalue weighted by molar-refractivity contribution is 5.80. The maximum atomic E-state index is 11.9. The number of hydrogen-bond donors (Lipinski definition) is 3. The molecule has 1 aliphatic heterocycles. The quantitative estimate of drug-likeness (QED) is 0.587. The highest BCUT2D eigenvalue weighted by atomic mass is 16.5. The number of aliphatic hydroxyl groups excluding tert-OH is 1. The van der Waals surface area contributed by atoms with E-state index in [1.54, 1.807) is 0 Å². The van der Waals surface area contributed by atoms with Gasteiger partial charge in [-0.05, 0) is 19.9 Å². The summed E-state index contributed by atoms with van der Waals surface area (Å²) in [7, 11) is 1.83. The molecule has 5 heteroatoms. The summed E-state index contributed by atoms with van der Waals surface area (Å²) in [5.74, 6) is -0.0534. The van der Waals surface area contributed by atoms with Crippen molar-refractivity contribution in [2.75, 3.05) is 26.9 Å². The molecule has 0 aliphatic carbocycles. The second kappa shape index (κ2) is 6.18. The molecule has 0 bridgehead atoms. The molecular formula is C11H22N2O3. The van der Waals surface area contributed by atoms with Crippen molar-refractivity contribution in [1.82, 2.24) is 10.6 Å². The molecule has 1 fully saturated rings. The molecule has 0 aromatic heterocycles. The molecule has 3 N–H and O–H groups in total. The van der Waals surface area contributed by atoms with Crippen molar-refractivity contribution >= 4 is 5.91 Å². The van der Waals surface area contributed by atoms with Crippen LogP contribution in [0.25, 0.3) is 0 Å². The van der Waals surface area contributed by atoms with Gasteiger partial charge in [-0.2, -0.15) is 0 Å². The Kier molecular flexibility index (Phi) is 5.18. The predicted molar refractivity (Wildman–Crippen MR) is 61.0 cm³/mol. The van der Waals surface area contributed by atoms with Crippen molar-refractivity contribution in [3.8, 4) is 0 Å². The van der Waals surface area contributed by atoms with Gasteiger partial charge in [0.25, 0.3) is 0 Å². The number of amides is 1. The van der Waals surface area contributed by atoms with Crippen LogP contribution >= 0.6 is 0 Å². The molecule has 4 unspecified atom stereocenters. The first kappa shape index (κ1) is 13.4. The van der Waals surface area contributed by atoms with E-state index in [1.807, 2.05) is 20.9 Å². The Balaban J connectivity index is 2.45. The van der Waals surface area contributed by atoms with Gasteiger partial charge in [0.2, 0.25) is 5.91 Å². The molecule has 1 rings (SSSR count). The third kappa shape index (κ3) is 3.17. The van der Waals surface area contributed by atoms with E-state index in [4.69, 9.17) is 9.84 Å². The second-order valence-electron chi connectivity index (χ2n) is 4.50. The summed E-state index contributed by atoms with van der Waals surface area (Å²) in [6, 6.07) is 0.0761. The Labute approximate surface area is 96.6 Å². The van der Waals surface area contributed by atoms with Crippen molar-refractivity contribution < 1.29 is 14.6 Å². The molecule has 0 spiro atoms. The Hall–Kier alpha value is -0.650. The van der Waals surface area contributed by atoms with Crippen LogP contribution in [0, 0.1) is 11.8 Å². The SMILES string of the molecule is CNC1COCC1C(=O)NC(C)C(C)CO. The lowest BCUT2D eigenvalue weighted by Gasteiger charge is -2.23. The Morgan fingerprint density at radius 2 is 2.19 bits per heavy atom. The van der Waals surface area contributed by atoms with Gasteiger partial charge in [0.05, 0.1) is 19.1 Å². The maximum absolute atomic E-state index is 11.9. The van der Waals surface area contributed by atoms with Gasteiger partial charge in [-0.15, -0.1) is 0 Å². The van der Waals surface area contributed by atoms with Gasteiger partial charge in [-0.1, -0.05) is 6.92 Å². The first-order valence-electron chi connectivity index (χ1n) is 5.76. The van der Waals surface area contributed by atoms with Crippen molar-refractivity contribution in [2.45, 2.75) is 25.9 Å². The zero-order valence-corrected chi connectivity index (χ0v) is 10.2. The molecule has 1 aliphatic rings. The summed E-state index contributed by atoms with van der Waals surface area (Å²) in [5, 5.41) is 15.0. The minimum absolute atomic E-state index is 0.00431. The zero-order chi connectivity index (χ0) is 12.1. The monoisotopic (exact) mass is 230 g/mol. The molecule has 1 amide bonds. The van der Waals surface area contributed by atoms with Gasteiger partial charge in [0, 0.05) is 18.7 Å². The number of hydrogen-bond acceptors (Lipinski definition) is 4. The molecule has 0 aromatic rings. The van der Waals surface area contributed by atoms with E-state index in [0.29, 0.717) is 13.2 Å². The van der Waals surface area contributed by atoms with Crippen LogP contribution in [-0.4, -0.2) is 50.0 Å². The number of carbonyl (C=O) groups is 1. The Bertz CT molecular complexity index is 235. The summed E-state index contributed by atoms with van der Waals surface area (Å²) in [4.78, 5) is 11.9. The largest absolute Gasteiger partial charge is 0.396 e. The van der Waals surface area contributed by atoms with Crippen molar-refractivity contribution in [3.05, 3.63) is 0 Å². The fraction of sp³-hybridized carbons (Fsp3) is 0.909. The lowest BCUT2D eigenvalue weighted by molar-refractivity contribution is -0.126. The van der Waals surface area contributed by atoms with Crippen LogP contribution in [0.2, 0.25) is 0 Å². The first-order chi connectivity index (χ1) is 7.60. The summed E-state index contributed by atoms with van der Waals surface area (Å²) in [6.07, 6.45) is 0. The number of likely N-dealkylation sites (N-methyl/N-ethyl adjacent to an activating group) is 1. The molecule has 94 valence electrons. The summed E-state index contributed by atoms with van der Waals surface area (Å²) < 4.78 is 5.28. The molecule has 1 saturated heterocycles. The first-order valence-corrected chi connectivity index (χ1v) is 5.76. The average Bonchev–Trinajstić information content (AvgIpc) is 2.75. The van der Waals surface area contributed by atoms with Crippen LogP contribution in [0.3, 0.4) is 0 Å². The van der Waals surface area contributed by atoms with Crippen LogP contribution in [0.4, 0.5) is 0 Å². The van der Waals surface area contributed by atoms with E-state index in [2.05, 4.69) is 10.6 Å². The van der Waals surface area contributed by atoms with Crippen LogP contribution in [0.5, 0.6) is 0 Å². The fourth-order valence-electron chi connectivity index (χ4n) is 1.73. The van der Waals surface area contributed by atoms with Crippen LogP contribution in [0.1, 0.15) is 13.8 Å². The van der Waals surface area contributed by atoms with E-state index in [1.165, 1.54) is 0 Å². The van der Waals surface area contributed by atoms with Gasteiger partial charge >= 0.3 is 0 Å². The molecule has 0 saturated carbocycles. The van der Waals surface area contributed by atoms with Crippen LogP contribution < -0.4 is 10.6 Å². The van der Waals surface area contributed by atoms with Gasteiger partial charge in [0.15, 0.2) is 0 Å². The van der Waals surface area contributed by atoms with Gasteiger partial charge < -0.3 is 20.5 Å². The van der Waals surface area contributed by atoms with E-state index in [-0.39, 0.29) is 36.4 Å². The predicted octanol–water partition coefficient (Wildman–Crippen LogP) is -0.646. The lowest BCUT2D eigenvalue weighted by Crippen LogP contribution is -2.47. The number of rotatable bonds is 5. The van der Waals surface area contributed by atoms with Crippen LogP contribution in [0.15, 0.2) is 0 Å². The highest BCUT2D eigenvalue weighted by Gasteiger charge is 2.33. The van der Waals surface area contributed by atoms with Gasteiger partial charge in [-0.25, -0.2) is 0 Å². The molecule has 5 nitrogen and oxygen atoms in total. The van der Waals surface area contributed by atoms with E-state index in [0.717, 1.165) is 0 Å². The van der Waals surface area contributed by atoms with Crippen molar-refractivity contribution in [2.24, 2.45) is 11.8 Å². The number of nitrogens with one attached hydrogen (secondary N) is 2. The van der Waals surface area contributed by atoms with Gasteiger partial charge in [0.1, 0.15) is 0 Å². The smallest absolute Gasteiger partial charge is 0.227 e. The number of aliphatic hydroxyl groups is 1. The van der Waals surface area contributed by atoms with E-state index < -0.39 is 0 Å². The molecule has 0 radical (unpaired) electrons. The normalized spacial score (nSPS) is 28.8.